The van der Waals surface area contributed by atoms with E-state index in [-0.39, 0.29) is 31.4 Å². The average molecular weight is 353 g/mol. The highest BCUT2D eigenvalue weighted by Gasteiger charge is 2.30. The van der Waals surface area contributed by atoms with Crippen LogP contribution in [0.1, 0.15) is 11.1 Å². The van der Waals surface area contributed by atoms with Gasteiger partial charge in [-0.25, -0.2) is 0 Å². The fourth-order valence-corrected chi connectivity index (χ4v) is 2.03. The van der Waals surface area contributed by atoms with Crippen molar-refractivity contribution in [3.63, 3.8) is 0 Å². The van der Waals surface area contributed by atoms with Gasteiger partial charge in [-0.15, -0.1) is 0 Å². The maximum Gasteiger partial charge on any atom is 0.416 e. The zero-order valence-electron chi connectivity index (χ0n) is 13.6. The van der Waals surface area contributed by atoms with Gasteiger partial charge in [-0.1, -0.05) is 18.2 Å². The van der Waals surface area contributed by atoms with Crippen LogP contribution in [0.15, 0.2) is 48.5 Å². The number of nitrogens with one attached hydrogen (secondary N) is 1. The lowest BCUT2D eigenvalue weighted by molar-refractivity contribution is -0.137. The summed E-state index contributed by atoms with van der Waals surface area (Å²) >= 11 is 0. The molecule has 2 aromatic rings. The fraction of sp³-hybridized carbons (Fsp3) is 0.278. The van der Waals surface area contributed by atoms with Gasteiger partial charge >= 0.3 is 6.18 Å². The summed E-state index contributed by atoms with van der Waals surface area (Å²) in [5.74, 6) is 0.351. The van der Waals surface area contributed by atoms with Crippen LogP contribution in [0.5, 0.6) is 11.5 Å². The van der Waals surface area contributed by atoms with Crippen molar-refractivity contribution in [1.82, 2.24) is 5.32 Å². The Kier molecular flexibility index (Phi) is 6.27. The Morgan fingerprint density at radius 3 is 2.40 bits per heavy atom. The number of benzene rings is 2. The van der Waals surface area contributed by atoms with Crippen LogP contribution in [0.3, 0.4) is 0 Å². The zero-order chi connectivity index (χ0) is 18.3. The number of hydrogen-bond acceptors (Lipinski definition) is 3. The Morgan fingerprint density at radius 2 is 1.72 bits per heavy atom. The van der Waals surface area contributed by atoms with Crippen molar-refractivity contribution in [2.45, 2.75) is 13.1 Å². The van der Waals surface area contributed by atoms with Crippen LogP contribution in [0.25, 0.3) is 0 Å². The summed E-state index contributed by atoms with van der Waals surface area (Å²) in [6, 6.07) is 11.9. The van der Waals surface area contributed by atoms with Crippen molar-refractivity contribution < 1.29 is 27.4 Å². The lowest BCUT2D eigenvalue weighted by Gasteiger charge is -2.11. The molecule has 0 aliphatic heterocycles. The summed E-state index contributed by atoms with van der Waals surface area (Å²) in [6.07, 6.45) is -4.42. The van der Waals surface area contributed by atoms with E-state index in [1.807, 2.05) is 25.1 Å². The largest absolute Gasteiger partial charge is 0.492 e. The molecule has 0 aromatic heterocycles. The molecule has 1 amide bonds. The molecule has 0 saturated carbocycles. The number of alkyl halides is 3. The fourth-order valence-electron chi connectivity index (χ4n) is 2.03. The third kappa shape index (κ3) is 6.37. The standard InChI is InChI=1S/C18H18F3NO3/c1-13-4-2-6-15(10-13)25-12-17(23)22-8-9-24-16-7-3-5-14(11-16)18(19,20)21/h2-7,10-11H,8-9,12H2,1H3,(H,22,23). The van der Waals surface area contributed by atoms with E-state index < -0.39 is 11.7 Å². The molecule has 7 heteroatoms. The van der Waals surface area contributed by atoms with Crippen LogP contribution in [0, 0.1) is 6.92 Å². The van der Waals surface area contributed by atoms with E-state index in [1.165, 1.54) is 12.1 Å². The first-order chi connectivity index (χ1) is 11.8. The second-order valence-corrected chi connectivity index (χ2v) is 5.33. The Hall–Kier alpha value is -2.70. The molecule has 2 rings (SSSR count). The monoisotopic (exact) mass is 353 g/mol. The van der Waals surface area contributed by atoms with E-state index in [9.17, 15) is 18.0 Å². The quantitative estimate of drug-likeness (QED) is 0.774. The van der Waals surface area contributed by atoms with Gasteiger partial charge in [0.05, 0.1) is 12.1 Å². The number of carbonyl (C=O) groups is 1. The van der Waals surface area contributed by atoms with E-state index in [0.717, 1.165) is 17.7 Å². The van der Waals surface area contributed by atoms with Crippen molar-refractivity contribution >= 4 is 5.91 Å². The van der Waals surface area contributed by atoms with Crippen LogP contribution in [0.2, 0.25) is 0 Å². The molecule has 0 aliphatic rings. The first-order valence-electron chi connectivity index (χ1n) is 7.61. The van der Waals surface area contributed by atoms with Gasteiger partial charge in [-0.3, -0.25) is 4.79 Å². The maximum atomic E-state index is 12.6. The number of halogens is 3. The van der Waals surface area contributed by atoms with Gasteiger partial charge in [0.15, 0.2) is 6.61 Å². The number of hydrogen-bond donors (Lipinski definition) is 1. The van der Waals surface area contributed by atoms with Crippen molar-refractivity contribution in [3.8, 4) is 11.5 Å². The highest BCUT2D eigenvalue weighted by Crippen LogP contribution is 2.31. The third-order valence-corrected chi connectivity index (χ3v) is 3.21. The lowest BCUT2D eigenvalue weighted by Crippen LogP contribution is -2.32. The van der Waals surface area contributed by atoms with Crippen LogP contribution >= 0.6 is 0 Å². The molecule has 0 unspecified atom stereocenters. The Morgan fingerprint density at radius 1 is 1.04 bits per heavy atom. The smallest absolute Gasteiger partial charge is 0.416 e. The van der Waals surface area contributed by atoms with Crippen molar-refractivity contribution in [3.05, 3.63) is 59.7 Å². The summed E-state index contributed by atoms with van der Waals surface area (Å²) in [5, 5.41) is 2.57. The second-order valence-electron chi connectivity index (χ2n) is 5.33. The Labute approximate surface area is 143 Å². The van der Waals surface area contributed by atoms with Crippen LogP contribution in [-0.4, -0.2) is 25.7 Å². The molecule has 2 aromatic carbocycles. The number of rotatable bonds is 7. The van der Waals surface area contributed by atoms with Gasteiger partial charge in [0.2, 0.25) is 0 Å². The molecule has 0 bridgehead atoms. The highest BCUT2D eigenvalue weighted by molar-refractivity contribution is 5.77. The Balaban J connectivity index is 1.69. The molecular weight excluding hydrogens is 335 g/mol. The molecule has 0 spiro atoms. The van der Waals surface area contributed by atoms with Gasteiger partial charge in [0, 0.05) is 0 Å². The predicted molar refractivity (Wildman–Crippen MR) is 86.6 cm³/mol. The number of carbonyl (C=O) groups excluding carboxylic acids is 1. The molecule has 0 atom stereocenters. The van der Waals surface area contributed by atoms with Crippen LogP contribution in [-0.2, 0) is 11.0 Å². The average Bonchev–Trinajstić information content (AvgIpc) is 2.56. The van der Waals surface area contributed by atoms with Crippen molar-refractivity contribution in [1.29, 1.82) is 0 Å². The van der Waals surface area contributed by atoms with Gasteiger partial charge < -0.3 is 14.8 Å². The van der Waals surface area contributed by atoms with E-state index >= 15 is 0 Å². The summed E-state index contributed by atoms with van der Waals surface area (Å²) in [6.45, 7) is 1.98. The van der Waals surface area contributed by atoms with E-state index in [4.69, 9.17) is 9.47 Å². The molecular formula is C18H18F3NO3. The number of aryl methyl sites for hydroxylation is 1. The minimum absolute atomic E-state index is 0.0531. The molecule has 4 nitrogen and oxygen atoms in total. The number of amides is 1. The normalized spacial score (nSPS) is 11.0. The van der Waals surface area contributed by atoms with Crippen LogP contribution < -0.4 is 14.8 Å². The summed E-state index contributed by atoms with van der Waals surface area (Å²) in [7, 11) is 0. The molecule has 1 N–H and O–H groups in total. The van der Waals surface area contributed by atoms with Crippen molar-refractivity contribution in [2.24, 2.45) is 0 Å². The highest BCUT2D eigenvalue weighted by atomic mass is 19.4. The molecule has 0 aliphatic carbocycles. The molecule has 0 fully saturated rings. The lowest BCUT2D eigenvalue weighted by atomic mass is 10.2. The summed E-state index contributed by atoms with van der Waals surface area (Å²) in [4.78, 5) is 11.7. The van der Waals surface area contributed by atoms with Gasteiger partial charge in [-0.2, -0.15) is 13.2 Å². The first-order valence-corrected chi connectivity index (χ1v) is 7.61. The molecule has 0 radical (unpaired) electrons. The zero-order valence-corrected chi connectivity index (χ0v) is 13.6. The minimum Gasteiger partial charge on any atom is -0.492 e. The second kappa shape index (κ2) is 8.41. The topological polar surface area (TPSA) is 47.6 Å². The molecule has 0 saturated heterocycles. The van der Waals surface area contributed by atoms with Crippen molar-refractivity contribution in [2.75, 3.05) is 19.8 Å². The minimum atomic E-state index is -4.42. The third-order valence-electron chi connectivity index (χ3n) is 3.21. The van der Waals surface area contributed by atoms with E-state index in [2.05, 4.69) is 5.32 Å². The van der Waals surface area contributed by atoms with Gasteiger partial charge in [0.1, 0.15) is 18.1 Å². The van der Waals surface area contributed by atoms with E-state index in [1.54, 1.807) is 6.07 Å². The predicted octanol–water partition coefficient (Wildman–Crippen LogP) is 3.59. The van der Waals surface area contributed by atoms with Gasteiger partial charge in [-0.05, 0) is 42.8 Å². The Bertz CT molecular complexity index is 717. The SMILES string of the molecule is Cc1cccc(OCC(=O)NCCOc2cccc(C(F)(F)F)c2)c1. The maximum absolute atomic E-state index is 12.6. The van der Waals surface area contributed by atoms with Crippen LogP contribution in [0.4, 0.5) is 13.2 Å². The molecule has 134 valence electrons. The summed E-state index contributed by atoms with van der Waals surface area (Å²) < 4.78 is 48.3. The summed E-state index contributed by atoms with van der Waals surface area (Å²) in [5.41, 5.74) is 0.244. The first kappa shape index (κ1) is 18.6. The van der Waals surface area contributed by atoms with Gasteiger partial charge in [0.25, 0.3) is 5.91 Å². The van der Waals surface area contributed by atoms with E-state index in [0.29, 0.717) is 5.75 Å². The molecule has 25 heavy (non-hydrogen) atoms. The molecule has 0 heterocycles. The number of ether oxygens (including phenoxy) is 2.